The van der Waals surface area contributed by atoms with Gasteiger partial charge < -0.3 is 20.1 Å². The van der Waals surface area contributed by atoms with Crippen molar-refractivity contribution < 1.29 is 23.9 Å². The fraction of sp³-hybridized carbons (Fsp3) is 0.737. The smallest absolute Gasteiger partial charge is 0.407 e. The zero-order valence-corrected chi connectivity index (χ0v) is 16.6. The van der Waals surface area contributed by atoms with E-state index >= 15 is 0 Å². The molecule has 0 bridgehead atoms. The molecule has 3 unspecified atom stereocenters. The molecule has 2 amide bonds. The van der Waals surface area contributed by atoms with Gasteiger partial charge in [0.05, 0.1) is 24.3 Å². The molecule has 0 spiro atoms. The van der Waals surface area contributed by atoms with Crippen LogP contribution in [0.5, 0.6) is 0 Å². The first-order valence-electron chi connectivity index (χ1n) is 9.17. The lowest BCUT2D eigenvalue weighted by Crippen LogP contribution is -2.59. The topological polar surface area (TPSA) is 93.7 Å². The SMILES string of the molecule is CCC(CC)OC1C=C(C=O)CC(NC(=O)OC(C)(C)C)C1NC(C)=O. The third-order valence-electron chi connectivity index (χ3n) is 4.11. The predicted octanol–water partition coefficient (Wildman–Crippen LogP) is 2.49. The average Bonchev–Trinajstić information content (AvgIpc) is 2.52. The third kappa shape index (κ3) is 7.15. The zero-order chi connectivity index (χ0) is 19.9. The summed E-state index contributed by atoms with van der Waals surface area (Å²) in [5.41, 5.74) is -0.111. The molecule has 1 rings (SSSR count). The quantitative estimate of drug-likeness (QED) is 0.673. The molecule has 0 aromatic rings. The maximum Gasteiger partial charge on any atom is 0.407 e. The number of nitrogens with one attached hydrogen (secondary N) is 2. The number of rotatable bonds is 7. The molecule has 0 aliphatic heterocycles. The molecule has 0 saturated carbocycles. The second-order valence-corrected chi connectivity index (χ2v) is 7.58. The zero-order valence-electron chi connectivity index (χ0n) is 16.6. The van der Waals surface area contributed by atoms with Gasteiger partial charge in [0, 0.05) is 6.92 Å². The van der Waals surface area contributed by atoms with Crippen molar-refractivity contribution >= 4 is 18.3 Å². The van der Waals surface area contributed by atoms with E-state index < -0.39 is 29.9 Å². The van der Waals surface area contributed by atoms with Crippen LogP contribution in [0.3, 0.4) is 0 Å². The van der Waals surface area contributed by atoms with Crippen molar-refractivity contribution in [2.45, 2.75) is 90.7 Å². The number of carbonyl (C=O) groups excluding carboxylic acids is 3. The molecule has 7 heteroatoms. The van der Waals surface area contributed by atoms with E-state index in [1.54, 1.807) is 26.8 Å². The molecule has 0 aromatic carbocycles. The summed E-state index contributed by atoms with van der Waals surface area (Å²) in [6.07, 6.45) is 3.33. The van der Waals surface area contributed by atoms with Gasteiger partial charge in [0.25, 0.3) is 0 Å². The first-order valence-corrected chi connectivity index (χ1v) is 9.17. The molecule has 0 saturated heterocycles. The first kappa shape index (κ1) is 22.2. The summed E-state index contributed by atoms with van der Waals surface area (Å²) < 4.78 is 11.4. The van der Waals surface area contributed by atoms with Crippen molar-refractivity contribution in [1.82, 2.24) is 10.6 Å². The lowest BCUT2D eigenvalue weighted by atomic mass is 9.88. The Bertz CT molecular complexity index is 535. The van der Waals surface area contributed by atoms with E-state index in [0.717, 1.165) is 19.1 Å². The van der Waals surface area contributed by atoms with Gasteiger partial charge in [-0.1, -0.05) is 13.8 Å². The molecule has 3 atom stereocenters. The minimum atomic E-state index is -0.642. The maximum absolute atomic E-state index is 12.2. The van der Waals surface area contributed by atoms with E-state index in [-0.39, 0.29) is 12.0 Å². The number of aldehydes is 1. The minimum absolute atomic E-state index is 0.000636. The van der Waals surface area contributed by atoms with E-state index in [0.29, 0.717) is 12.0 Å². The van der Waals surface area contributed by atoms with E-state index in [1.165, 1.54) is 6.92 Å². The lowest BCUT2D eigenvalue weighted by Gasteiger charge is -2.38. The van der Waals surface area contributed by atoms with E-state index in [1.807, 2.05) is 13.8 Å². The Balaban J connectivity index is 3.05. The Morgan fingerprint density at radius 1 is 1.27 bits per heavy atom. The van der Waals surface area contributed by atoms with Crippen LogP contribution in [0.2, 0.25) is 0 Å². The Morgan fingerprint density at radius 3 is 2.35 bits per heavy atom. The average molecular weight is 368 g/mol. The summed E-state index contributed by atoms with van der Waals surface area (Å²) in [4.78, 5) is 35.3. The molecule has 1 aliphatic carbocycles. The molecule has 0 heterocycles. The van der Waals surface area contributed by atoms with Crippen LogP contribution in [0.15, 0.2) is 11.6 Å². The molecular weight excluding hydrogens is 336 g/mol. The van der Waals surface area contributed by atoms with Gasteiger partial charge in [-0.25, -0.2) is 4.79 Å². The third-order valence-corrected chi connectivity index (χ3v) is 4.11. The van der Waals surface area contributed by atoms with Crippen LogP contribution in [0.4, 0.5) is 4.79 Å². The minimum Gasteiger partial charge on any atom is -0.444 e. The number of hydrogen-bond acceptors (Lipinski definition) is 5. The van der Waals surface area contributed by atoms with Crippen molar-refractivity contribution in [2.75, 3.05) is 0 Å². The van der Waals surface area contributed by atoms with Gasteiger partial charge in [0.1, 0.15) is 11.9 Å². The fourth-order valence-corrected chi connectivity index (χ4v) is 2.92. The van der Waals surface area contributed by atoms with Gasteiger partial charge in [-0.05, 0) is 51.7 Å². The van der Waals surface area contributed by atoms with Gasteiger partial charge >= 0.3 is 6.09 Å². The number of carbonyl (C=O) groups is 3. The largest absolute Gasteiger partial charge is 0.444 e. The molecule has 2 N–H and O–H groups in total. The maximum atomic E-state index is 12.2. The first-order chi connectivity index (χ1) is 12.1. The number of alkyl carbamates (subject to hydrolysis) is 1. The highest BCUT2D eigenvalue weighted by Crippen LogP contribution is 2.24. The van der Waals surface area contributed by atoms with E-state index in [4.69, 9.17) is 9.47 Å². The highest BCUT2D eigenvalue weighted by Gasteiger charge is 2.37. The standard InChI is InChI=1S/C19H32N2O5/c1-7-14(8-2)25-16-10-13(11-22)9-15(17(16)20-12(3)23)21-18(24)26-19(4,5)6/h10-11,14-17H,7-9H2,1-6H3,(H,20,23)(H,21,24). The fourth-order valence-electron chi connectivity index (χ4n) is 2.92. The predicted molar refractivity (Wildman–Crippen MR) is 98.8 cm³/mol. The van der Waals surface area contributed by atoms with Crippen LogP contribution in [-0.4, -0.2) is 48.2 Å². The molecule has 26 heavy (non-hydrogen) atoms. The van der Waals surface area contributed by atoms with Crippen LogP contribution in [-0.2, 0) is 19.1 Å². The summed E-state index contributed by atoms with van der Waals surface area (Å²) in [5.74, 6) is -0.230. The molecule has 7 nitrogen and oxygen atoms in total. The van der Waals surface area contributed by atoms with E-state index in [9.17, 15) is 14.4 Å². The molecule has 0 radical (unpaired) electrons. The number of amides is 2. The highest BCUT2D eigenvalue weighted by atomic mass is 16.6. The number of hydrogen-bond donors (Lipinski definition) is 2. The van der Waals surface area contributed by atoms with Crippen LogP contribution in [0.25, 0.3) is 0 Å². The molecule has 0 fully saturated rings. The lowest BCUT2D eigenvalue weighted by molar-refractivity contribution is -0.121. The second-order valence-electron chi connectivity index (χ2n) is 7.58. The van der Waals surface area contributed by atoms with Gasteiger partial charge in [-0.3, -0.25) is 9.59 Å². The van der Waals surface area contributed by atoms with Crippen LogP contribution < -0.4 is 10.6 Å². The van der Waals surface area contributed by atoms with Gasteiger partial charge in [0.15, 0.2) is 0 Å². The van der Waals surface area contributed by atoms with Crippen molar-refractivity contribution in [2.24, 2.45) is 0 Å². The van der Waals surface area contributed by atoms with Gasteiger partial charge in [0.2, 0.25) is 5.91 Å². The summed E-state index contributed by atoms with van der Waals surface area (Å²) in [6.45, 7) is 10.8. The molecular formula is C19H32N2O5. The summed E-state index contributed by atoms with van der Waals surface area (Å²) in [6, 6.07) is -0.984. The van der Waals surface area contributed by atoms with Crippen LogP contribution >= 0.6 is 0 Å². The normalized spacial score (nSPS) is 23.2. The van der Waals surface area contributed by atoms with Gasteiger partial charge in [-0.15, -0.1) is 0 Å². The Kier molecular flexibility index (Phi) is 8.27. The van der Waals surface area contributed by atoms with E-state index in [2.05, 4.69) is 10.6 Å². The molecule has 1 aliphatic rings. The van der Waals surface area contributed by atoms with Gasteiger partial charge in [-0.2, -0.15) is 0 Å². The number of ether oxygens (including phenoxy) is 2. The van der Waals surface area contributed by atoms with Crippen molar-refractivity contribution in [1.29, 1.82) is 0 Å². The Morgan fingerprint density at radius 2 is 1.88 bits per heavy atom. The summed E-state index contributed by atoms with van der Waals surface area (Å²) >= 11 is 0. The second kappa shape index (κ2) is 9.71. The van der Waals surface area contributed by atoms with Crippen molar-refractivity contribution in [3.8, 4) is 0 Å². The summed E-state index contributed by atoms with van der Waals surface area (Å²) in [7, 11) is 0. The van der Waals surface area contributed by atoms with Crippen LogP contribution in [0.1, 0.15) is 60.8 Å². The Hall–Kier alpha value is -1.89. The molecule has 148 valence electrons. The summed E-state index contributed by atoms with van der Waals surface area (Å²) in [5, 5.41) is 5.63. The van der Waals surface area contributed by atoms with Crippen molar-refractivity contribution in [3.63, 3.8) is 0 Å². The molecule has 0 aromatic heterocycles. The highest BCUT2D eigenvalue weighted by molar-refractivity contribution is 5.77. The van der Waals surface area contributed by atoms with Crippen LogP contribution in [0, 0.1) is 0 Å². The monoisotopic (exact) mass is 368 g/mol. The Labute approximate surface area is 155 Å². The van der Waals surface area contributed by atoms with Crippen molar-refractivity contribution in [3.05, 3.63) is 11.6 Å².